The molecule has 1 aliphatic rings. The van der Waals surface area contributed by atoms with Gasteiger partial charge in [0, 0.05) is 5.92 Å². The molecule has 2 rings (SSSR count). The van der Waals surface area contributed by atoms with Crippen molar-refractivity contribution in [3.63, 3.8) is 0 Å². The molecule has 1 aliphatic carbocycles. The summed E-state index contributed by atoms with van der Waals surface area (Å²) >= 11 is 5.08. The number of carbonyl (C=O) groups is 2. The molecule has 1 aromatic carbocycles. The Morgan fingerprint density at radius 3 is 2.60 bits per heavy atom. The molecule has 6 nitrogen and oxygen atoms in total. The highest BCUT2D eigenvalue weighted by Crippen LogP contribution is 2.23. The number of para-hydroxylation sites is 1. The van der Waals surface area contributed by atoms with Crippen molar-refractivity contribution in [2.75, 3.05) is 6.61 Å². The summed E-state index contributed by atoms with van der Waals surface area (Å²) in [7, 11) is 0. The molecule has 0 heterocycles. The van der Waals surface area contributed by atoms with Crippen LogP contribution in [0.2, 0.25) is 0 Å². The van der Waals surface area contributed by atoms with E-state index in [9.17, 15) is 9.59 Å². The number of nitrogens with one attached hydrogen (secondary N) is 3. The van der Waals surface area contributed by atoms with Crippen molar-refractivity contribution in [1.29, 1.82) is 0 Å². The summed E-state index contributed by atoms with van der Waals surface area (Å²) in [5.41, 5.74) is 5.59. The van der Waals surface area contributed by atoms with Gasteiger partial charge in [-0.2, -0.15) is 0 Å². The number of thiocarbonyl (C=S) groups is 1. The fraction of sp³-hybridized carbons (Fsp3) is 0.500. The normalized spacial score (nSPS) is 14.4. The Hall–Kier alpha value is -2.15. The molecular weight excluding hydrogens is 338 g/mol. The molecule has 3 N–H and O–H groups in total. The number of carbonyl (C=O) groups excluding carboxylic acids is 2. The maximum absolute atomic E-state index is 12.4. The second-order valence-corrected chi connectivity index (χ2v) is 6.49. The third-order valence-electron chi connectivity index (χ3n) is 4.10. The fourth-order valence-electron chi connectivity index (χ4n) is 2.78. The highest BCUT2D eigenvalue weighted by atomic mass is 32.1. The molecule has 1 saturated carbocycles. The first-order valence-electron chi connectivity index (χ1n) is 8.74. The van der Waals surface area contributed by atoms with Crippen LogP contribution in [0.1, 0.15) is 55.8 Å². The first-order valence-corrected chi connectivity index (χ1v) is 9.15. The topological polar surface area (TPSA) is 79.5 Å². The minimum absolute atomic E-state index is 0.0166. The third kappa shape index (κ3) is 6.01. The largest absolute Gasteiger partial charge is 0.493 e. The van der Waals surface area contributed by atoms with E-state index in [0.29, 0.717) is 17.9 Å². The smallest absolute Gasteiger partial charge is 0.261 e. The number of ether oxygens (including phenoxy) is 1. The van der Waals surface area contributed by atoms with E-state index >= 15 is 0 Å². The van der Waals surface area contributed by atoms with Crippen molar-refractivity contribution < 1.29 is 14.3 Å². The molecule has 0 unspecified atom stereocenters. The van der Waals surface area contributed by atoms with Gasteiger partial charge in [-0.1, -0.05) is 38.3 Å². The maximum atomic E-state index is 12.4. The van der Waals surface area contributed by atoms with E-state index in [1.807, 2.05) is 13.0 Å². The molecule has 0 saturated heterocycles. The van der Waals surface area contributed by atoms with Crippen LogP contribution in [0.4, 0.5) is 0 Å². The molecule has 25 heavy (non-hydrogen) atoms. The molecule has 0 radical (unpaired) electrons. The van der Waals surface area contributed by atoms with Gasteiger partial charge >= 0.3 is 0 Å². The van der Waals surface area contributed by atoms with Crippen LogP contribution < -0.4 is 20.9 Å². The van der Waals surface area contributed by atoms with Crippen LogP contribution in [0.15, 0.2) is 24.3 Å². The van der Waals surface area contributed by atoms with Crippen molar-refractivity contribution in [3.05, 3.63) is 29.8 Å². The second-order valence-electron chi connectivity index (χ2n) is 6.08. The van der Waals surface area contributed by atoms with E-state index in [1.165, 1.54) is 6.42 Å². The van der Waals surface area contributed by atoms with Crippen LogP contribution in [0.5, 0.6) is 5.75 Å². The highest BCUT2D eigenvalue weighted by molar-refractivity contribution is 7.80. The van der Waals surface area contributed by atoms with E-state index in [2.05, 4.69) is 16.2 Å². The Kier molecular flexibility index (Phi) is 7.66. The summed E-state index contributed by atoms with van der Waals surface area (Å²) < 4.78 is 5.57. The van der Waals surface area contributed by atoms with E-state index in [0.717, 1.165) is 32.1 Å². The SMILES string of the molecule is CCCOc1ccccc1C(=O)NC(=S)NNC(=O)C1CCCCC1. The Bertz CT molecular complexity index is 615. The Labute approximate surface area is 153 Å². The van der Waals surface area contributed by atoms with E-state index in [4.69, 9.17) is 17.0 Å². The molecule has 136 valence electrons. The predicted molar refractivity (Wildman–Crippen MR) is 100 cm³/mol. The monoisotopic (exact) mass is 363 g/mol. The van der Waals surface area contributed by atoms with E-state index in [-0.39, 0.29) is 22.8 Å². The van der Waals surface area contributed by atoms with Gasteiger partial charge in [0.1, 0.15) is 5.75 Å². The van der Waals surface area contributed by atoms with E-state index in [1.54, 1.807) is 18.2 Å². The summed E-state index contributed by atoms with van der Waals surface area (Å²) in [6.45, 7) is 2.53. The van der Waals surface area contributed by atoms with Crippen molar-refractivity contribution >= 4 is 29.1 Å². The lowest BCUT2D eigenvalue weighted by atomic mass is 9.89. The van der Waals surface area contributed by atoms with Gasteiger partial charge in [0.2, 0.25) is 5.91 Å². The lowest BCUT2D eigenvalue weighted by Crippen LogP contribution is -2.50. The Morgan fingerprint density at radius 1 is 1.16 bits per heavy atom. The summed E-state index contributed by atoms with van der Waals surface area (Å²) in [5, 5.41) is 2.61. The molecule has 7 heteroatoms. The van der Waals surface area contributed by atoms with Gasteiger partial charge in [-0.05, 0) is 43.6 Å². The molecule has 0 bridgehead atoms. The highest BCUT2D eigenvalue weighted by Gasteiger charge is 2.21. The van der Waals surface area contributed by atoms with Crippen molar-refractivity contribution in [2.45, 2.75) is 45.4 Å². The number of hydrogen-bond acceptors (Lipinski definition) is 4. The van der Waals surface area contributed by atoms with Crippen molar-refractivity contribution in [2.24, 2.45) is 5.92 Å². The van der Waals surface area contributed by atoms with Crippen molar-refractivity contribution in [3.8, 4) is 5.75 Å². The molecule has 2 amide bonds. The van der Waals surface area contributed by atoms with Gasteiger partial charge in [-0.25, -0.2) is 0 Å². The van der Waals surface area contributed by atoms with Crippen LogP contribution in [-0.4, -0.2) is 23.5 Å². The minimum atomic E-state index is -0.379. The fourth-order valence-corrected chi connectivity index (χ4v) is 2.92. The number of amides is 2. The van der Waals surface area contributed by atoms with Crippen LogP contribution in [0.25, 0.3) is 0 Å². The first-order chi connectivity index (χ1) is 12.1. The van der Waals surface area contributed by atoms with Crippen LogP contribution in [0, 0.1) is 5.92 Å². The second kappa shape index (κ2) is 9.98. The zero-order chi connectivity index (χ0) is 18.1. The lowest BCUT2D eigenvalue weighted by Gasteiger charge is -2.21. The van der Waals surface area contributed by atoms with Gasteiger partial charge < -0.3 is 4.74 Å². The minimum Gasteiger partial charge on any atom is -0.493 e. The van der Waals surface area contributed by atoms with Crippen LogP contribution in [0.3, 0.4) is 0 Å². The van der Waals surface area contributed by atoms with Gasteiger partial charge in [0.15, 0.2) is 5.11 Å². The average Bonchev–Trinajstić information content (AvgIpc) is 2.65. The number of hydrogen-bond donors (Lipinski definition) is 3. The molecule has 1 fully saturated rings. The third-order valence-corrected chi connectivity index (χ3v) is 4.30. The maximum Gasteiger partial charge on any atom is 0.261 e. The summed E-state index contributed by atoms with van der Waals surface area (Å²) in [6, 6.07) is 6.98. The molecular formula is C18H25N3O3S. The van der Waals surface area contributed by atoms with Crippen molar-refractivity contribution in [1.82, 2.24) is 16.2 Å². The lowest BCUT2D eigenvalue weighted by molar-refractivity contribution is -0.126. The number of hydrazine groups is 1. The van der Waals surface area contributed by atoms with Crippen LogP contribution >= 0.6 is 12.2 Å². The summed E-state index contributed by atoms with van der Waals surface area (Å²) in [4.78, 5) is 24.4. The first kappa shape index (κ1) is 19.2. The molecule has 1 aromatic rings. The Morgan fingerprint density at radius 2 is 1.88 bits per heavy atom. The van der Waals surface area contributed by atoms with Gasteiger partial charge in [-0.3, -0.25) is 25.8 Å². The van der Waals surface area contributed by atoms with Gasteiger partial charge in [-0.15, -0.1) is 0 Å². The molecule has 0 aromatic heterocycles. The van der Waals surface area contributed by atoms with Crippen LogP contribution in [-0.2, 0) is 4.79 Å². The van der Waals surface area contributed by atoms with Gasteiger partial charge in [0.05, 0.1) is 12.2 Å². The standard InChI is InChI=1S/C18H25N3O3S/c1-2-12-24-15-11-7-6-10-14(15)17(23)19-18(25)21-20-16(22)13-8-4-3-5-9-13/h6-7,10-11,13H,2-5,8-9,12H2,1H3,(H,20,22)(H2,19,21,23,25). The molecule has 0 spiro atoms. The summed E-state index contributed by atoms with van der Waals surface area (Å²) in [5.74, 6) is 0.0675. The number of rotatable bonds is 5. The van der Waals surface area contributed by atoms with Gasteiger partial charge in [0.25, 0.3) is 5.91 Å². The molecule has 0 atom stereocenters. The van der Waals surface area contributed by atoms with E-state index < -0.39 is 0 Å². The quantitative estimate of drug-likeness (QED) is 0.554. The molecule has 0 aliphatic heterocycles. The summed E-state index contributed by atoms with van der Waals surface area (Å²) in [6.07, 6.45) is 5.99. The zero-order valence-electron chi connectivity index (χ0n) is 14.5. The number of benzene rings is 1. The Balaban J connectivity index is 1.83. The average molecular weight is 363 g/mol. The zero-order valence-corrected chi connectivity index (χ0v) is 15.3. The predicted octanol–water partition coefficient (Wildman–Crippen LogP) is 2.69.